The third-order valence-electron chi connectivity index (χ3n) is 4.87. The van der Waals surface area contributed by atoms with Gasteiger partial charge in [0, 0.05) is 18.6 Å². The maximum atomic E-state index is 5.43. The molecule has 4 heteroatoms. The molecule has 1 saturated heterocycles. The molecular weight excluding hydrogens is 264 g/mol. The Morgan fingerprint density at radius 1 is 1.24 bits per heavy atom. The Hall–Kier alpha value is -1.26. The van der Waals surface area contributed by atoms with E-state index in [1.807, 2.05) is 6.07 Å². The molecule has 1 N–H and O–H groups in total. The highest BCUT2D eigenvalue weighted by Gasteiger charge is 2.28. The minimum absolute atomic E-state index is 0.349. The molecule has 3 rings (SSSR count). The highest BCUT2D eigenvalue weighted by Crippen LogP contribution is 2.32. The van der Waals surface area contributed by atoms with Gasteiger partial charge in [0.15, 0.2) is 11.5 Å². The molecule has 1 aromatic rings. The minimum Gasteiger partial charge on any atom is -0.454 e. The molecular formula is C17H26N2O2. The molecule has 1 fully saturated rings. The van der Waals surface area contributed by atoms with Gasteiger partial charge in [-0.3, -0.25) is 0 Å². The lowest BCUT2D eigenvalue weighted by atomic mass is 9.90. The number of nitrogens with zero attached hydrogens (tertiary/aromatic N) is 1. The van der Waals surface area contributed by atoms with Gasteiger partial charge in [-0.05, 0) is 57.0 Å². The molecule has 116 valence electrons. The van der Waals surface area contributed by atoms with Crippen molar-refractivity contribution < 1.29 is 9.47 Å². The molecule has 3 atom stereocenters. The van der Waals surface area contributed by atoms with E-state index < -0.39 is 0 Å². The van der Waals surface area contributed by atoms with Crippen molar-refractivity contribution in [3.8, 4) is 11.5 Å². The Morgan fingerprint density at radius 3 is 2.90 bits per heavy atom. The van der Waals surface area contributed by atoms with Crippen LogP contribution in [-0.2, 0) is 6.42 Å². The van der Waals surface area contributed by atoms with E-state index in [1.54, 1.807) is 0 Å². The number of likely N-dealkylation sites (tertiary alicyclic amines) is 1. The lowest BCUT2D eigenvalue weighted by molar-refractivity contribution is 0.122. The Bertz CT molecular complexity index is 492. The molecule has 0 aromatic heterocycles. The number of rotatable bonds is 4. The van der Waals surface area contributed by atoms with Crippen molar-refractivity contribution in [1.29, 1.82) is 0 Å². The second-order valence-electron chi connectivity index (χ2n) is 6.50. The molecule has 4 nitrogen and oxygen atoms in total. The fourth-order valence-electron chi connectivity index (χ4n) is 3.32. The highest BCUT2D eigenvalue weighted by atomic mass is 16.7. The van der Waals surface area contributed by atoms with Crippen LogP contribution in [0.2, 0.25) is 0 Å². The van der Waals surface area contributed by atoms with Crippen LogP contribution in [0, 0.1) is 5.92 Å². The highest BCUT2D eigenvalue weighted by molar-refractivity contribution is 5.44. The number of benzene rings is 1. The van der Waals surface area contributed by atoms with Gasteiger partial charge >= 0.3 is 0 Å². The molecule has 0 aliphatic carbocycles. The fourth-order valence-corrected chi connectivity index (χ4v) is 3.32. The van der Waals surface area contributed by atoms with Gasteiger partial charge in [-0.15, -0.1) is 0 Å². The average molecular weight is 290 g/mol. The van der Waals surface area contributed by atoms with Crippen molar-refractivity contribution >= 4 is 0 Å². The Balaban J connectivity index is 1.49. The number of nitrogens with one attached hydrogen (secondary N) is 1. The van der Waals surface area contributed by atoms with Crippen LogP contribution in [-0.4, -0.2) is 43.9 Å². The van der Waals surface area contributed by atoms with Gasteiger partial charge < -0.3 is 19.7 Å². The molecule has 2 aliphatic rings. The summed E-state index contributed by atoms with van der Waals surface area (Å²) < 4.78 is 10.8. The van der Waals surface area contributed by atoms with Crippen LogP contribution in [0.4, 0.5) is 0 Å². The molecule has 1 aromatic carbocycles. The summed E-state index contributed by atoms with van der Waals surface area (Å²) >= 11 is 0. The van der Waals surface area contributed by atoms with E-state index in [2.05, 4.69) is 43.2 Å². The monoisotopic (exact) mass is 290 g/mol. The topological polar surface area (TPSA) is 33.7 Å². The van der Waals surface area contributed by atoms with Crippen LogP contribution in [0.15, 0.2) is 18.2 Å². The van der Waals surface area contributed by atoms with Gasteiger partial charge in [0.2, 0.25) is 6.79 Å². The second kappa shape index (κ2) is 6.24. The van der Waals surface area contributed by atoms with E-state index in [0.29, 0.717) is 24.8 Å². The summed E-state index contributed by atoms with van der Waals surface area (Å²) in [7, 11) is 2.23. The number of fused-ring (bicyclic) bond motifs is 1. The van der Waals surface area contributed by atoms with E-state index in [0.717, 1.165) is 24.5 Å². The van der Waals surface area contributed by atoms with Crippen molar-refractivity contribution in [3.63, 3.8) is 0 Å². The standard InChI is InChI=1S/C17H26N2O2/c1-12-10-19(3)13(2)8-15(12)18-7-6-14-4-5-16-17(9-14)21-11-20-16/h4-5,9,12-13,15,18H,6-8,10-11H2,1-3H3. The summed E-state index contributed by atoms with van der Waals surface area (Å²) in [6.07, 6.45) is 2.27. The number of ether oxygens (including phenoxy) is 2. The molecule has 2 heterocycles. The largest absolute Gasteiger partial charge is 0.454 e. The van der Waals surface area contributed by atoms with E-state index in [1.165, 1.54) is 18.5 Å². The van der Waals surface area contributed by atoms with Gasteiger partial charge in [0.05, 0.1) is 0 Å². The van der Waals surface area contributed by atoms with Crippen LogP contribution in [0.1, 0.15) is 25.8 Å². The lowest BCUT2D eigenvalue weighted by Crippen LogP contribution is -2.51. The number of hydrogen-bond donors (Lipinski definition) is 1. The van der Waals surface area contributed by atoms with Gasteiger partial charge in [-0.25, -0.2) is 0 Å². The smallest absolute Gasteiger partial charge is 0.231 e. The van der Waals surface area contributed by atoms with Crippen LogP contribution in [0.5, 0.6) is 11.5 Å². The molecule has 2 aliphatic heterocycles. The molecule has 3 unspecified atom stereocenters. The third-order valence-corrected chi connectivity index (χ3v) is 4.87. The molecule has 0 saturated carbocycles. The van der Waals surface area contributed by atoms with Crippen molar-refractivity contribution in [2.45, 2.75) is 38.8 Å². The summed E-state index contributed by atoms with van der Waals surface area (Å²) in [5.74, 6) is 2.46. The average Bonchev–Trinajstić information content (AvgIpc) is 2.92. The Morgan fingerprint density at radius 2 is 2.05 bits per heavy atom. The summed E-state index contributed by atoms with van der Waals surface area (Å²) in [4.78, 5) is 2.46. The second-order valence-corrected chi connectivity index (χ2v) is 6.50. The summed E-state index contributed by atoms with van der Waals surface area (Å²) in [5, 5.41) is 3.74. The first kappa shape index (κ1) is 14.7. The predicted octanol–water partition coefficient (Wildman–Crippen LogP) is 2.28. The van der Waals surface area contributed by atoms with Crippen LogP contribution >= 0.6 is 0 Å². The molecule has 0 spiro atoms. The number of hydrogen-bond acceptors (Lipinski definition) is 4. The van der Waals surface area contributed by atoms with E-state index in [4.69, 9.17) is 9.47 Å². The molecule has 21 heavy (non-hydrogen) atoms. The first-order valence-electron chi connectivity index (χ1n) is 7.95. The molecule has 0 amide bonds. The molecule has 0 radical (unpaired) electrons. The van der Waals surface area contributed by atoms with E-state index >= 15 is 0 Å². The number of piperidine rings is 1. The minimum atomic E-state index is 0.349. The van der Waals surface area contributed by atoms with Crippen molar-refractivity contribution in [2.75, 3.05) is 26.9 Å². The van der Waals surface area contributed by atoms with Gasteiger partial charge in [-0.1, -0.05) is 13.0 Å². The summed E-state index contributed by atoms with van der Waals surface area (Å²) in [5.41, 5.74) is 1.31. The summed E-state index contributed by atoms with van der Waals surface area (Å²) in [6.45, 7) is 7.22. The zero-order valence-corrected chi connectivity index (χ0v) is 13.3. The zero-order chi connectivity index (χ0) is 14.8. The Labute approximate surface area is 127 Å². The lowest BCUT2D eigenvalue weighted by Gasteiger charge is -2.40. The quantitative estimate of drug-likeness (QED) is 0.922. The van der Waals surface area contributed by atoms with E-state index in [-0.39, 0.29) is 0 Å². The van der Waals surface area contributed by atoms with Crippen molar-refractivity contribution in [3.05, 3.63) is 23.8 Å². The van der Waals surface area contributed by atoms with E-state index in [9.17, 15) is 0 Å². The van der Waals surface area contributed by atoms with Gasteiger partial charge in [0.25, 0.3) is 0 Å². The Kier molecular flexibility index (Phi) is 4.36. The maximum Gasteiger partial charge on any atom is 0.231 e. The predicted molar refractivity (Wildman–Crippen MR) is 83.9 cm³/mol. The van der Waals surface area contributed by atoms with Crippen LogP contribution < -0.4 is 14.8 Å². The molecule has 0 bridgehead atoms. The van der Waals surface area contributed by atoms with Crippen LogP contribution in [0.3, 0.4) is 0 Å². The zero-order valence-electron chi connectivity index (χ0n) is 13.3. The SMILES string of the molecule is CC1CN(C)C(C)CC1NCCc1ccc2c(c1)OCO2. The van der Waals surface area contributed by atoms with Crippen molar-refractivity contribution in [1.82, 2.24) is 10.2 Å². The third kappa shape index (κ3) is 3.33. The van der Waals surface area contributed by atoms with Gasteiger partial charge in [-0.2, -0.15) is 0 Å². The van der Waals surface area contributed by atoms with Crippen LogP contribution in [0.25, 0.3) is 0 Å². The first-order chi connectivity index (χ1) is 10.1. The summed E-state index contributed by atoms with van der Waals surface area (Å²) in [6, 6.07) is 7.55. The maximum absolute atomic E-state index is 5.43. The fraction of sp³-hybridized carbons (Fsp3) is 0.647. The normalized spacial score (nSPS) is 28.8. The van der Waals surface area contributed by atoms with Gasteiger partial charge in [0.1, 0.15) is 0 Å². The van der Waals surface area contributed by atoms with Crippen molar-refractivity contribution in [2.24, 2.45) is 5.92 Å². The first-order valence-corrected chi connectivity index (χ1v) is 7.95.